The summed E-state index contributed by atoms with van der Waals surface area (Å²) in [7, 11) is 0. The fourth-order valence-corrected chi connectivity index (χ4v) is 5.39. The first-order chi connectivity index (χ1) is 22.6. The summed E-state index contributed by atoms with van der Waals surface area (Å²) < 4.78 is 0. The average molecular weight is 785 g/mol. The largest absolute Gasteiger partial charge is 0.305 e. The first-order valence-electron chi connectivity index (χ1n) is 15.7. The molecule has 233 valence electrons. The monoisotopic (exact) mass is 785 g/mol. The number of hydrogen-bond donors (Lipinski definition) is 0. The quantitative estimate of drug-likeness (QED) is 0.150. The van der Waals surface area contributed by atoms with E-state index in [2.05, 4.69) is 134 Å². The molecule has 0 spiro atoms. The molecule has 0 atom stereocenters. The van der Waals surface area contributed by atoms with Gasteiger partial charge in [-0.3, -0.25) is 0 Å². The SMILES string of the molecule is CC(C)c1c[c-]c(-c2cc(Cc3ccccc3)c(-c3ccccc3)cn2)cc1.[Ir].[c-]1ccc(-c2ccccc2)cc1-c1ccccn1. The van der Waals surface area contributed by atoms with Gasteiger partial charge in [-0.1, -0.05) is 129 Å². The van der Waals surface area contributed by atoms with Gasteiger partial charge in [0.2, 0.25) is 0 Å². The van der Waals surface area contributed by atoms with Crippen LogP contribution in [0.25, 0.3) is 44.8 Å². The van der Waals surface area contributed by atoms with Crippen LogP contribution in [0, 0.1) is 12.1 Å². The van der Waals surface area contributed by atoms with Crippen LogP contribution in [0.1, 0.15) is 36.5 Å². The number of hydrogen-bond acceptors (Lipinski definition) is 2. The molecule has 2 aromatic heterocycles. The van der Waals surface area contributed by atoms with Crippen LogP contribution >= 0.6 is 0 Å². The molecule has 0 amide bonds. The molecule has 0 saturated heterocycles. The fraction of sp³-hybridized carbons (Fsp3) is 0.0909. The third-order valence-electron chi connectivity index (χ3n) is 7.94. The molecule has 2 heterocycles. The van der Waals surface area contributed by atoms with Crippen molar-refractivity contribution in [1.29, 1.82) is 0 Å². The van der Waals surface area contributed by atoms with Gasteiger partial charge in [-0.05, 0) is 46.1 Å². The zero-order valence-corrected chi connectivity index (χ0v) is 29.0. The predicted octanol–water partition coefficient (Wildman–Crippen LogP) is 11.1. The van der Waals surface area contributed by atoms with Crippen molar-refractivity contribution in [3.8, 4) is 44.8 Å². The van der Waals surface area contributed by atoms with Crippen LogP contribution in [-0.4, -0.2) is 9.97 Å². The summed E-state index contributed by atoms with van der Waals surface area (Å²) in [5.41, 5.74) is 12.7. The second-order valence-electron chi connectivity index (χ2n) is 11.5. The molecule has 7 aromatic rings. The first-order valence-corrected chi connectivity index (χ1v) is 15.7. The molecular formula is C44H36IrN2-2. The van der Waals surface area contributed by atoms with Gasteiger partial charge in [-0.25, -0.2) is 0 Å². The summed E-state index contributed by atoms with van der Waals surface area (Å²) in [6.07, 6.45) is 4.69. The number of benzene rings is 5. The molecule has 2 nitrogen and oxygen atoms in total. The number of rotatable bonds is 7. The number of nitrogens with zero attached hydrogens (tertiary/aromatic N) is 2. The van der Waals surface area contributed by atoms with Gasteiger partial charge in [-0.2, -0.15) is 0 Å². The molecule has 0 unspecified atom stereocenters. The summed E-state index contributed by atoms with van der Waals surface area (Å²) in [5.74, 6) is 0.507. The third kappa shape index (κ3) is 8.86. The molecule has 0 bridgehead atoms. The van der Waals surface area contributed by atoms with Gasteiger partial charge >= 0.3 is 0 Å². The van der Waals surface area contributed by atoms with Crippen LogP contribution in [0.15, 0.2) is 164 Å². The Hall–Kier alpha value is -4.95. The zero-order valence-electron chi connectivity index (χ0n) is 26.6. The Balaban J connectivity index is 0.000000197. The molecule has 0 aliphatic rings. The molecular weight excluding hydrogens is 749 g/mol. The minimum absolute atomic E-state index is 0. The summed E-state index contributed by atoms with van der Waals surface area (Å²) in [5, 5.41) is 0. The van der Waals surface area contributed by atoms with Gasteiger partial charge in [-0.15, -0.1) is 70.8 Å². The molecule has 5 aromatic carbocycles. The standard InChI is InChI=1S/C27H24N.C17H12N.Ir/c1-20(2)22-13-15-24(16-14-22)27-18-25(17-21-9-5-3-6-10-21)26(19-28-27)23-11-7-4-8-12-23;1-2-7-14(8-3-1)15-9-6-10-16(13-15)17-11-4-5-12-18-17;/h3-15,18-20H,17H2,1-2H3;1-9,11-13H;/q2*-1;. The number of aromatic nitrogens is 2. The molecule has 3 heteroatoms. The molecule has 0 aliphatic heterocycles. The van der Waals surface area contributed by atoms with E-state index >= 15 is 0 Å². The Kier molecular flexibility index (Phi) is 11.8. The predicted molar refractivity (Wildman–Crippen MR) is 191 cm³/mol. The second-order valence-corrected chi connectivity index (χ2v) is 11.5. The Morgan fingerprint density at radius 1 is 0.574 bits per heavy atom. The van der Waals surface area contributed by atoms with E-state index < -0.39 is 0 Å². The van der Waals surface area contributed by atoms with E-state index in [-0.39, 0.29) is 20.1 Å². The van der Waals surface area contributed by atoms with E-state index in [9.17, 15) is 0 Å². The van der Waals surface area contributed by atoms with E-state index in [1.807, 2.05) is 54.7 Å². The molecule has 0 N–H and O–H groups in total. The van der Waals surface area contributed by atoms with Crippen molar-refractivity contribution in [2.24, 2.45) is 0 Å². The van der Waals surface area contributed by atoms with Gasteiger partial charge < -0.3 is 9.97 Å². The Morgan fingerprint density at radius 2 is 1.26 bits per heavy atom. The van der Waals surface area contributed by atoms with E-state index in [0.29, 0.717) is 5.92 Å². The van der Waals surface area contributed by atoms with Crippen LogP contribution in [0.5, 0.6) is 0 Å². The van der Waals surface area contributed by atoms with Crippen LogP contribution in [0.3, 0.4) is 0 Å². The second kappa shape index (κ2) is 16.6. The molecule has 0 aliphatic carbocycles. The smallest absolute Gasteiger partial charge is 0.0242 e. The van der Waals surface area contributed by atoms with Crippen LogP contribution < -0.4 is 0 Å². The van der Waals surface area contributed by atoms with E-state index in [4.69, 9.17) is 4.98 Å². The van der Waals surface area contributed by atoms with Gasteiger partial charge in [0, 0.05) is 38.1 Å². The summed E-state index contributed by atoms with van der Waals surface area (Å²) in [6, 6.07) is 58.8. The van der Waals surface area contributed by atoms with Crippen molar-refractivity contribution in [1.82, 2.24) is 9.97 Å². The van der Waals surface area contributed by atoms with Crippen molar-refractivity contribution in [3.05, 3.63) is 193 Å². The van der Waals surface area contributed by atoms with Crippen LogP contribution in [0.4, 0.5) is 0 Å². The summed E-state index contributed by atoms with van der Waals surface area (Å²) >= 11 is 0. The molecule has 1 radical (unpaired) electrons. The Bertz CT molecular complexity index is 1900. The first kappa shape index (κ1) is 33.4. The van der Waals surface area contributed by atoms with Crippen LogP contribution in [-0.2, 0) is 26.5 Å². The minimum Gasteiger partial charge on any atom is -0.305 e. The van der Waals surface area contributed by atoms with Crippen molar-refractivity contribution in [2.75, 3.05) is 0 Å². The van der Waals surface area contributed by atoms with Crippen molar-refractivity contribution < 1.29 is 20.1 Å². The average Bonchev–Trinajstić information content (AvgIpc) is 3.13. The minimum atomic E-state index is 0. The Morgan fingerprint density at radius 3 is 1.89 bits per heavy atom. The van der Waals surface area contributed by atoms with E-state index in [1.54, 1.807) is 6.20 Å². The maximum atomic E-state index is 4.77. The molecule has 47 heavy (non-hydrogen) atoms. The molecule has 7 rings (SSSR count). The van der Waals surface area contributed by atoms with E-state index in [1.165, 1.54) is 38.9 Å². The Labute approximate surface area is 292 Å². The van der Waals surface area contributed by atoms with Crippen molar-refractivity contribution in [3.63, 3.8) is 0 Å². The zero-order chi connectivity index (χ0) is 31.6. The van der Waals surface area contributed by atoms with Crippen molar-refractivity contribution in [2.45, 2.75) is 26.2 Å². The number of pyridine rings is 2. The van der Waals surface area contributed by atoms with Crippen LogP contribution in [0.2, 0.25) is 0 Å². The summed E-state index contributed by atoms with van der Waals surface area (Å²) in [6.45, 7) is 4.40. The van der Waals surface area contributed by atoms with Crippen molar-refractivity contribution >= 4 is 0 Å². The normalized spacial score (nSPS) is 10.4. The molecule has 0 saturated carbocycles. The van der Waals surface area contributed by atoms with Gasteiger partial charge in [0.25, 0.3) is 0 Å². The maximum absolute atomic E-state index is 4.77. The fourth-order valence-electron chi connectivity index (χ4n) is 5.39. The topological polar surface area (TPSA) is 25.8 Å². The van der Waals surface area contributed by atoms with Gasteiger partial charge in [0.05, 0.1) is 0 Å². The molecule has 0 fully saturated rings. The van der Waals surface area contributed by atoms with E-state index in [0.717, 1.165) is 28.9 Å². The summed E-state index contributed by atoms with van der Waals surface area (Å²) in [4.78, 5) is 9.12. The van der Waals surface area contributed by atoms with Gasteiger partial charge in [0.15, 0.2) is 0 Å². The van der Waals surface area contributed by atoms with Gasteiger partial charge in [0.1, 0.15) is 0 Å². The third-order valence-corrected chi connectivity index (χ3v) is 7.94. The maximum Gasteiger partial charge on any atom is 0.0242 e.